The molecule has 0 spiro atoms. The Balaban J connectivity index is 2.15. The Labute approximate surface area is 203 Å². The minimum absolute atomic E-state index is 0.0408. The molecule has 8 heteroatoms. The largest absolute Gasteiger partial charge is 0.507 e. The minimum Gasteiger partial charge on any atom is -0.507 e. The molecular formula is C25H27Cl2NO5. The third kappa shape index (κ3) is 5.12. The van der Waals surface area contributed by atoms with Crippen LogP contribution in [0, 0.1) is 5.92 Å². The maximum absolute atomic E-state index is 13.1. The van der Waals surface area contributed by atoms with Gasteiger partial charge in [-0.05, 0) is 42.2 Å². The number of hydrogen-bond acceptors (Lipinski definition) is 5. The molecule has 1 saturated heterocycles. The van der Waals surface area contributed by atoms with E-state index in [0.29, 0.717) is 36.8 Å². The highest BCUT2D eigenvalue weighted by Gasteiger charge is 2.46. The third-order valence-corrected chi connectivity index (χ3v) is 5.75. The number of aliphatic hydroxyl groups is 1. The summed E-state index contributed by atoms with van der Waals surface area (Å²) in [5.41, 5.74) is 0.778. The van der Waals surface area contributed by atoms with Crippen LogP contribution in [0.4, 0.5) is 0 Å². The second-order valence-corrected chi connectivity index (χ2v) is 9.08. The number of amides is 1. The number of aliphatic hydroxyl groups excluding tert-OH is 1. The van der Waals surface area contributed by atoms with Gasteiger partial charge in [-0.3, -0.25) is 9.59 Å². The van der Waals surface area contributed by atoms with Crippen LogP contribution in [0.15, 0.2) is 42.0 Å². The predicted molar refractivity (Wildman–Crippen MR) is 129 cm³/mol. The number of Topliss-reactive ketones (excluding diaryl/α,β-unsaturated/α-hetero) is 1. The van der Waals surface area contributed by atoms with E-state index >= 15 is 0 Å². The first-order valence-corrected chi connectivity index (χ1v) is 11.5. The van der Waals surface area contributed by atoms with Crippen molar-refractivity contribution >= 4 is 40.7 Å². The zero-order chi connectivity index (χ0) is 24.3. The fourth-order valence-corrected chi connectivity index (χ4v) is 4.37. The first kappa shape index (κ1) is 24.9. The molecule has 1 N–H and O–H groups in total. The summed E-state index contributed by atoms with van der Waals surface area (Å²) in [5.74, 6) is -0.612. The highest BCUT2D eigenvalue weighted by Crippen LogP contribution is 2.43. The lowest BCUT2D eigenvalue weighted by Crippen LogP contribution is -2.30. The van der Waals surface area contributed by atoms with Crippen molar-refractivity contribution in [3.8, 4) is 11.5 Å². The van der Waals surface area contributed by atoms with Crippen LogP contribution in [0.3, 0.4) is 0 Å². The van der Waals surface area contributed by atoms with Gasteiger partial charge >= 0.3 is 0 Å². The monoisotopic (exact) mass is 491 g/mol. The van der Waals surface area contributed by atoms with Crippen molar-refractivity contribution in [2.24, 2.45) is 5.92 Å². The quantitative estimate of drug-likeness (QED) is 0.284. The van der Waals surface area contributed by atoms with E-state index < -0.39 is 23.5 Å². The van der Waals surface area contributed by atoms with E-state index in [1.54, 1.807) is 24.3 Å². The number of hydrogen-bond donors (Lipinski definition) is 1. The zero-order valence-electron chi connectivity index (χ0n) is 19.0. The van der Waals surface area contributed by atoms with Gasteiger partial charge < -0.3 is 19.5 Å². The van der Waals surface area contributed by atoms with Crippen molar-refractivity contribution in [2.75, 3.05) is 20.3 Å². The molecule has 1 heterocycles. The van der Waals surface area contributed by atoms with Crippen molar-refractivity contribution in [3.05, 3.63) is 63.1 Å². The normalized spacial score (nSPS) is 17.7. The highest BCUT2D eigenvalue weighted by atomic mass is 35.5. The summed E-state index contributed by atoms with van der Waals surface area (Å²) in [7, 11) is 1.40. The molecule has 1 aliphatic rings. The van der Waals surface area contributed by atoms with Gasteiger partial charge in [-0.2, -0.15) is 0 Å². The molecule has 6 nitrogen and oxygen atoms in total. The molecule has 0 aliphatic carbocycles. The summed E-state index contributed by atoms with van der Waals surface area (Å²) in [4.78, 5) is 27.4. The van der Waals surface area contributed by atoms with Gasteiger partial charge in [0.25, 0.3) is 11.7 Å². The van der Waals surface area contributed by atoms with Gasteiger partial charge in [0.05, 0.1) is 35.9 Å². The van der Waals surface area contributed by atoms with Crippen molar-refractivity contribution in [1.82, 2.24) is 4.90 Å². The number of rotatable bonds is 8. The van der Waals surface area contributed by atoms with Crippen LogP contribution in [-0.4, -0.2) is 42.0 Å². The van der Waals surface area contributed by atoms with Crippen LogP contribution in [0.5, 0.6) is 11.5 Å². The Kier molecular flexibility index (Phi) is 7.92. The van der Waals surface area contributed by atoms with Crippen molar-refractivity contribution in [3.63, 3.8) is 0 Å². The molecule has 1 amide bonds. The first-order chi connectivity index (χ1) is 15.7. The van der Waals surface area contributed by atoms with Crippen LogP contribution in [0.25, 0.3) is 5.76 Å². The summed E-state index contributed by atoms with van der Waals surface area (Å²) in [5, 5.41) is 11.7. The number of carbonyl (C=O) groups is 2. The average molecular weight is 492 g/mol. The lowest BCUT2D eigenvalue weighted by molar-refractivity contribution is -0.139. The summed E-state index contributed by atoms with van der Waals surface area (Å²) in [6, 6.07) is 9.33. The van der Waals surface area contributed by atoms with Crippen molar-refractivity contribution < 1.29 is 24.2 Å². The number of methoxy groups -OCH3 is 1. The topological polar surface area (TPSA) is 76.1 Å². The number of halogens is 2. The van der Waals surface area contributed by atoms with Crippen LogP contribution >= 0.6 is 23.2 Å². The maximum atomic E-state index is 13.1. The molecule has 0 bridgehead atoms. The van der Waals surface area contributed by atoms with E-state index in [1.807, 2.05) is 6.92 Å². The number of ether oxygens (including phenoxy) is 2. The smallest absolute Gasteiger partial charge is 0.295 e. The molecule has 3 rings (SSSR count). The molecule has 0 aromatic heterocycles. The van der Waals surface area contributed by atoms with Crippen molar-refractivity contribution in [1.29, 1.82) is 0 Å². The summed E-state index contributed by atoms with van der Waals surface area (Å²) in [6.07, 6.45) is 0.644. The lowest BCUT2D eigenvalue weighted by atomic mass is 9.95. The Hall–Kier alpha value is -2.70. The van der Waals surface area contributed by atoms with Crippen molar-refractivity contribution in [2.45, 2.75) is 33.2 Å². The maximum Gasteiger partial charge on any atom is 0.295 e. The Morgan fingerprint density at radius 2 is 1.82 bits per heavy atom. The fraction of sp³-hybridized carbons (Fsp3) is 0.360. The number of nitrogens with zero attached hydrogens (tertiary/aromatic N) is 1. The molecule has 0 saturated carbocycles. The Morgan fingerprint density at radius 3 is 2.39 bits per heavy atom. The molecule has 2 aromatic rings. The number of carbonyl (C=O) groups excluding carboxylic acids is 2. The molecule has 2 aromatic carbocycles. The molecular weight excluding hydrogens is 465 g/mol. The molecule has 1 fully saturated rings. The molecule has 1 unspecified atom stereocenters. The van der Waals surface area contributed by atoms with E-state index in [2.05, 4.69) is 13.8 Å². The van der Waals surface area contributed by atoms with E-state index in [4.69, 9.17) is 32.7 Å². The van der Waals surface area contributed by atoms with Crippen LogP contribution in [-0.2, 0) is 9.59 Å². The van der Waals surface area contributed by atoms with Gasteiger partial charge in [0.1, 0.15) is 17.3 Å². The summed E-state index contributed by atoms with van der Waals surface area (Å²) in [6.45, 7) is 6.96. The third-order valence-electron chi connectivity index (χ3n) is 5.25. The van der Waals surface area contributed by atoms with Gasteiger partial charge in [-0.1, -0.05) is 56.1 Å². The molecule has 176 valence electrons. The van der Waals surface area contributed by atoms with E-state index in [-0.39, 0.29) is 26.9 Å². The molecule has 1 atom stereocenters. The Bertz CT molecular complexity index is 1080. The van der Waals surface area contributed by atoms with E-state index in [0.717, 1.165) is 0 Å². The van der Waals surface area contributed by atoms with E-state index in [1.165, 1.54) is 24.1 Å². The summed E-state index contributed by atoms with van der Waals surface area (Å²) < 4.78 is 11.1. The lowest BCUT2D eigenvalue weighted by Gasteiger charge is -2.25. The molecule has 0 radical (unpaired) electrons. The standard InChI is InChI=1S/C25H27Cl2NO5/c1-5-10-28-21(15-6-8-17(9-7-15)33-13-14(2)3)20(23(30)25(28)31)22(29)18-11-16(26)12-19(27)24(18)32-4/h6-9,11-12,14,21,29H,5,10,13H2,1-4H3/b22-20+. The average Bonchev–Trinajstić information content (AvgIpc) is 3.02. The van der Waals surface area contributed by atoms with Crippen LogP contribution in [0.2, 0.25) is 10.0 Å². The SMILES string of the molecule is CCCN1C(=O)C(=O)/C(=C(/O)c2cc(Cl)cc(Cl)c2OC)C1c1ccc(OCC(C)C)cc1. The highest BCUT2D eigenvalue weighted by molar-refractivity contribution is 6.46. The molecule has 1 aliphatic heterocycles. The number of benzene rings is 2. The van der Waals surface area contributed by atoms with Crippen LogP contribution < -0.4 is 9.47 Å². The second-order valence-electron chi connectivity index (χ2n) is 8.23. The number of ketones is 1. The fourth-order valence-electron chi connectivity index (χ4n) is 3.80. The molecule has 33 heavy (non-hydrogen) atoms. The van der Waals surface area contributed by atoms with Crippen LogP contribution in [0.1, 0.15) is 44.4 Å². The van der Waals surface area contributed by atoms with Gasteiger partial charge in [0, 0.05) is 11.6 Å². The van der Waals surface area contributed by atoms with Gasteiger partial charge in [-0.25, -0.2) is 0 Å². The second kappa shape index (κ2) is 10.5. The Morgan fingerprint density at radius 1 is 1.15 bits per heavy atom. The first-order valence-electron chi connectivity index (χ1n) is 10.7. The predicted octanol–water partition coefficient (Wildman–Crippen LogP) is 5.87. The number of likely N-dealkylation sites (tertiary alicyclic amines) is 1. The minimum atomic E-state index is -0.774. The zero-order valence-corrected chi connectivity index (χ0v) is 20.5. The van der Waals surface area contributed by atoms with E-state index in [9.17, 15) is 14.7 Å². The van der Waals surface area contributed by atoms with Gasteiger partial charge in [0.15, 0.2) is 0 Å². The van der Waals surface area contributed by atoms with Gasteiger partial charge in [-0.15, -0.1) is 0 Å². The van der Waals surface area contributed by atoms with Gasteiger partial charge in [0.2, 0.25) is 0 Å². The summed E-state index contributed by atoms with van der Waals surface area (Å²) >= 11 is 12.4.